The van der Waals surface area contributed by atoms with Crippen LogP contribution in [-0.4, -0.2) is 4.57 Å². The molecule has 1 aromatic heterocycles. The molecule has 0 spiro atoms. The van der Waals surface area contributed by atoms with Crippen LogP contribution in [0.15, 0.2) is 65.5 Å². The number of nitrogens with zero attached hydrogens (tertiary/aromatic N) is 1. The molecule has 1 heterocycles. The molecule has 0 saturated heterocycles. The number of pyridine rings is 1. The van der Waals surface area contributed by atoms with Crippen molar-refractivity contribution in [3.8, 4) is 5.69 Å². The third-order valence-electron chi connectivity index (χ3n) is 3.38. The third kappa shape index (κ3) is 2.12. The van der Waals surface area contributed by atoms with Crippen molar-refractivity contribution in [1.29, 1.82) is 0 Å². The molecular weight excluding hydrogens is 270 g/mol. The second kappa shape index (κ2) is 5.14. The number of para-hydroxylation sites is 2. The molecule has 0 saturated carbocycles. The van der Waals surface area contributed by atoms with Crippen LogP contribution in [0.3, 0.4) is 0 Å². The number of hydrogen-bond acceptors (Lipinski definition) is 1. The number of aromatic nitrogens is 1. The van der Waals surface area contributed by atoms with Gasteiger partial charge in [0.25, 0.3) is 5.56 Å². The van der Waals surface area contributed by atoms with Crippen LogP contribution in [0.1, 0.15) is 17.9 Å². The third-order valence-corrected chi connectivity index (χ3v) is 3.62. The average Bonchev–Trinajstić information content (AvgIpc) is 2.47. The Bertz CT molecular complexity index is 806. The molecule has 3 heteroatoms. The summed E-state index contributed by atoms with van der Waals surface area (Å²) in [6.45, 7) is 1.82. The van der Waals surface area contributed by atoms with Gasteiger partial charge in [0.2, 0.25) is 0 Å². The first-order chi connectivity index (χ1) is 9.68. The highest BCUT2D eigenvalue weighted by molar-refractivity contribution is 6.20. The summed E-state index contributed by atoms with van der Waals surface area (Å²) in [6.07, 6.45) is 0. The number of benzene rings is 2. The van der Waals surface area contributed by atoms with E-state index in [0.717, 1.165) is 16.6 Å². The molecule has 1 atom stereocenters. The van der Waals surface area contributed by atoms with Crippen molar-refractivity contribution in [1.82, 2.24) is 4.57 Å². The lowest BCUT2D eigenvalue weighted by molar-refractivity contribution is 0.961. The van der Waals surface area contributed by atoms with Crippen molar-refractivity contribution < 1.29 is 0 Å². The Morgan fingerprint density at radius 1 is 1.00 bits per heavy atom. The van der Waals surface area contributed by atoms with Crippen LogP contribution < -0.4 is 5.56 Å². The summed E-state index contributed by atoms with van der Waals surface area (Å²) in [5.41, 5.74) is 2.31. The van der Waals surface area contributed by atoms with Crippen molar-refractivity contribution >= 4 is 22.5 Å². The van der Waals surface area contributed by atoms with Gasteiger partial charge >= 0.3 is 0 Å². The normalized spacial score (nSPS) is 12.5. The molecule has 0 radical (unpaired) electrons. The van der Waals surface area contributed by atoms with Crippen LogP contribution in [0.5, 0.6) is 0 Å². The first kappa shape index (κ1) is 12.9. The van der Waals surface area contributed by atoms with E-state index in [1.807, 2.05) is 67.6 Å². The summed E-state index contributed by atoms with van der Waals surface area (Å²) in [5.74, 6) is 0. The average molecular weight is 284 g/mol. The van der Waals surface area contributed by atoms with Gasteiger partial charge in [0.15, 0.2) is 0 Å². The van der Waals surface area contributed by atoms with Gasteiger partial charge in [0.1, 0.15) is 0 Å². The van der Waals surface area contributed by atoms with E-state index in [1.54, 1.807) is 4.57 Å². The van der Waals surface area contributed by atoms with Gasteiger partial charge in [-0.25, -0.2) is 0 Å². The molecule has 0 amide bonds. The van der Waals surface area contributed by atoms with Gasteiger partial charge in [-0.1, -0.05) is 36.4 Å². The quantitative estimate of drug-likeness (QED) is 0.643. The van der Waals surface area contributed by atoms with E-state index in [0.29, 0.717) is 5.56 Å². The Morgan fingerprint density at radius 2 is 1.65 bits per heavy atom. The van der Waals surface area contributed by atoms with E-state index in [1.165, 1.54) is 0 Å². The second-order valence-electron chi connectivity index (χ2n) is 4.75. The van der Waals surface area contributed by atoms with Crippen molar-refractivity contribution in [2.75, 3.05) is 0 Å². The molecule has 20 heavy (non-hydrogen) atoms. The summed E-state index contributed by atoms with van der Waals surface area (Å²) < 4.78 is 1.73. The molecule has 100 valence electrons. The van der Waals surface area contributed by atoms with Crippen molar-refractivity contribution in [2.45, 2.75) is 12.3 Å². The lowest BCUT2D eigenvalue weighted by Crippen LogP contribution is -2.22. The first-order valence-electron chi connectivity index (χ1n) is 6.52. The standard InChI is InChI=1S/C17H14ClNO/c1-12(18)15-11-13-7-5-6-10-16(13)19(17(15)20)14-8-3-2-4-9-14/h2-12H,1H3. The first-order valence-corrected chi connectivity index (χ1v) is 6.96. The summed E-state index contributed by atoms with van der Waals surface area (Å²) in [4.78, 5) is 12.7. The molecule has 3 rings (SSSR count). The number of halogens is 1. The fraction of sp³-hybridized carbons (Fsp3) is 0.118. The van der Waals surface area contributed by atoms with Gasteiger partial charge in [0.05, 0.1) is 10.9 Å². The summed E-state index contributed by atoms with van der Waals surface area (Å²) >= 11 is 6.15. The lowest BCUT2D eigenvalue weighted by atomic mass is 10.1. The molecule has 0 N–H and O–H groups in total. The van der Waals surface area contributed by atoms with Gasteiger partial charge in [-0.05, 0) is 36.6 Å². The SMILES string of the molecule is CC(Cl)c1cc2ccccc2n(-c2ccccc2)c1=O. The van der Waals surface area contributed by atoms with Crippen LogP contribution in [0.2, 0.25) is 0 Å². The monoisotopic (exact) mass is 283 g/mol. The molecule has 2 aromatic carbocycles. The van der Waals surface area contributed by atoms with Crippen LogP contribution in [0.4, 0.5) is 0 Å². The maximum atomic E-state index is 12.7. The Labute approximate surface area is 122 Å². The molecule has 0 bridgehead atoms. The van der Waals surface area contributed by atoms with Gasteiger partial charge in [-0.2, -0.15) is 0 Å². The maximum Gasteiger partial charge on any atom is 0.260 e. The fourth-order valence-corrected chi connectivity index (χ4v) is 2.56. The Kier molecular flexibility index (Phi) is 3.33. The predicted molar refractivity (Wildman–Crippen MR) is 83.8 cm³/mol. The summed E-state index contributed by atoms with van der Waals surface area (Å²) in [5, 5.41) is 0.695. The zero-order valence-electron chi connectivity index (χ0n) is 11.1. The molecule has 0 aliphatic carbocycles. The van der Waals surface area contributed by atoms with Crippen LogP contribution >= 0.6 is 11.6 Å². The summed E-state index contributed by atoms with van der Waals surface area (Å²) in [6, 6.07) is 19.4. The fourth-order valence-electron chi connectivity index (χ4n) is 2.40. The van der Waals surface area contributed by atoms with E-state index in [4.69, 9.17) is 11.6 Å². The minimum Gasteiger partial charge on any atom is -0.277 e. The van der Waals surface area contributed by atoms with Crippen molar-refractivity contribution in [3.63, 3.8) is 0 Å². The molecule has 0 aliphatic heterocycles. The minimum absolute atomic E-state index is 0.0580. The maximum absolute atomic E-state index is 12.7. The topological polar surface area (TPSA) is 22.0 Å². The van der Waals surface area contributed by atoms with Crippen LogP contribution in [0, 0.1) is 0 Å². The zero-order valence-corrected chi connectivity index (χ0v) is 11.8. The molecule has 0 aliphatic rings. The van der Waals surface area contributed by atoms with E-state index < -0.39 is 0 Å². The van der Waals surface area contributed by atoms with E-state index in [2.05, 4.69) is 0 Å². The molecule has 3 aromatic rings. The Morgan fingerprint density at radius 3 is 2.35 bits per heavy atom. The molecule has 2 nitrogen and oxygen atoms in total. The predicted octanol–water partition coefficient (Wildman–Crippen LogP) is 4.29. The van der Waals surface area contributed by atoms with Gasteiger partial charge < -0.3 is 0 Å². The molecular formula is C17H14ClNO. The van der Waals surface area contributed by atoms with Gasteiger partial charge in [-0.3, -0.25) is 9.36 Å². The Balaban J connectivity index is 2.45. The summed E-state index contributed by atoms with van der Waals surface area (Å²) in [7, 11) is 0. The number of fused-ring (bicyclic) bond motifs is 1. The van der Waals surface area contributed by atoms with E-state index >= 15 is 0 Å². The zero-order chi connectivity index (χ0) is 14.1. The van der Waals surface area contributed by atoms with Crippen molar-refractivity contribution in [2.24, 2.45) is 0 Å². The van der Waals surface area contributed by atoms with Crippen LogP contribution in [0.25, 0.3) is 16.6 Å². The number of rotatable bonds is 2. The highest BCUT2D eigenvalue weighted by Gasteiger charge is 2.13. The molecule has 0 fully saturated rings. The van der Waals surface area contributed by atoms with Crippen LogP contribution in [-0.2, 0) is 0 Å². The lowest BCUT2D eigenvalue weighted by Gasteiger charge is -2.13. The smallest absolute Gasteiger partial charge is 0.260 e. The highest BCUT2D eigenvalue weighted by atomic mass is 35.5. The molecule has 1 unspecified atom stereocenters. The van der Waals surface area contributed by atoms with Gasteiger partial charge in [0, 0.05) is 11.3 Å². The Hall–Kier alpha value is -2.06. The minimum atomic E-state index is -0.318. The largest absolute Gasteiger partial charge is 0.277 e. The highest BCUT2D eigenvalue weighted by Crippen LogP contribution is 2.22. The number of hydrogen-bond donors (Lipinski definition) is 0. The van der Waals surface area contributed by atoms with E-state index in [-0.39, 0.29) is 10.9 Å². The van der Waals surface area contributed by atoms with Gasteiger partial charge in [-0.15, -0.1) is 11.6 Å². The van der Waals surface area contributed by atoms with E-state index in [9.17, 15) is 4.79 Å². The number of alkyl halides is 1. The van der Waals surface area contributed by atoms with Crippen molar-refractivity contribution in [3.05, 3.63) is 76.6 Å². The second-order valence-corrected chi connectivity index (χ2v) is 5.41.